The Morgan fingerprint density at radius 1 is 1.32 bits per heavy atom. The number of alkyl halides is 3. The summed E-state index contributed by atoms with van der Waals surface area (Å²) >= 11 is 0. The number of rotatable bonds is 3. The van der Waals surface area contributed by atoms with Crippen LogP contribution in [0.5, 0.6) is 0 Å². The van der Waals surface area contributed by atoms with E-state index in [4.69, 9.17) is 0 Å². The summed E-state index contributed by atoms with van der Waals surface area (Å²) in [6, 6.07) is 3.76. The van der Waals surface area contributed by atoms with Crippen LogP contribution in [0.15, 0.2) is 18.2 Å². The van der Waals surface area contributed by atoms with Gasteiger partial charge < -0.3 is 15.0 Å². The summed E-state index contributed by atoms with van der Waals surface area (Å²) < 4.78 is 43.7. The van der Waals surface area contributed by atoms with Crippen LogP contribution in [-0.2, 0) is 10.9 Å². The molecule has 0 aliphatic carbocycles. The molecule has 2 rings (SSSR count). The molecule has 0 saturated carbocycles. The number of esters is 1. The highest BCUT2D eigenvalue weighted by Crippen LogP contribution is 2.34. The third-order valence-corrected chi connectivity index (χ3v) is 3.82. The highest BCUT2D eigenvalue weighted by molar-refractivity contribution is 5.91. The first kappa shape index (κ1) is 16.6. The van der Waals surface area contributed by atoms with Crippen molar-refractivity contribution in [3.8, 4) is 0 Å². The van der Waals surface area contributed by atoms with Crippen molar-refractivity contribution < 1.29 is 22.7 Å². The molecule has 0 atom stereocenters. The van der Waals surface area contributed by atoms with Gasteiger partial charge in [-0.2, -0.15) is 13.2 Å². The van der Waals surface area contributed by atoms with E-state index in [9.17, 15) is 18.0 Å². The molecule has 1 fully saturated rings. The van der Waals surface area contributed by atoms with Gasteiger partial charge in [0.05, 0.1) is 18.2 Å². The molecule has 1 saturated heterocycles. The minimum atomic E-state index is -4.60. The Bertz CT molecular complexity index is 538. The first-order valence-electron chi connectivity index (χ1n) is 7.06. The molecule has 0 bridgehead atoms. The first-order valence-corrected chi connectivity index (χ1v) is 7.06. The van der Waals surface area contributed by atoms with E-state index in [0.29, 0.717) is 5.69 Å². The summed E-state index contributed by atoms with van der Waals surface area (Å²) in [5.41, 5.74) is -1.07. The number of hydrogen-bond donors (Lipinski definition) is 1. The van der Waals surface area contributed by atoms with Crippen LogP contribution in [0.25, 0.3) is 0 Å². The summed E-state index contributed by atoms with van der Waals surface area (Å²) in [4.78, 5) is 13.7. The molecule has 0 spiro atoms. The number of anilines is 1. The molecule has 1 aromatic carbocycles. The molecule has 0 amide bonds. The number of piperidine rings is 1. The van der Waals surface area contributed by atoms with Crippen LogP contribution >= 0.6 is 0 Å². The van der Waals surface area contributed by atoms with Gasteiger partial charge in [0.25, 0.3) is 0 Å². The van der Waals surface area contributed by atoms with Gasteiger partial charge in [-0.3, -0.25) is 0 Å². The second-order valence-electron chi connectivity index (χ2n) is 5.47. The number of methoxy groups -OCH3 is 1. The fourth-order valence-electron chi connectivity index (χ4n) is 2.55. The summed E-state index contributed by atoms with van der Waals surface area (Å²) in [5.74, 6) is -0.988. The minimum absolute atomic E-state index is 0.140. The van der Waals surface area contributed by atoms with Crippen LogP contribution in [0, 0.1) is 0 Å². The zero-order chi connectivity index (χ0) is 16.3. The van der Waals surface area contributed by atoms with E-state index in [-0.39, 0.29) is 6.04 Å². The number of benzene rings is 1. The quantitative estimate of drug-likeness (QED) is 0.871. The molecule has 122 valence electrons. The molecule has 1 heterocycles. The fourth-order valence-corrected chi connectivity index (χ4v) is 2.55. The molecule has 4 nitrogen and oxygen atoms in total. The lowest BCUT2D eigenvalue weighted by Gasteiger charge is -2.30. The molecular weight excluding hydrogens is 297 g/mol. The van der Waals surface area contributed by atoms with Crippen LogP contribution in [0.3, 0.4) is 0 Å². The van der Waals surface area contributed by atoms with Crippen LogP contribution in [0.2, 0.25) is 0 Å². The molecule has 22 heavy (non-hydrogen) atoms. The molecule has 1 N–H and O–H groups in total. The van der Waals surface area contributed by atoms with E-state index < -0.39 is 23.3 Å². The molecule has 0 radical (unpaired) electrons. The van der Waals surface area contributed by atoms with Crippen molar-refractivity contribution in [1.29, 1.82) is 0 Å². The van der Waals surface area contributed by atoms with Crippen molar-refractivity contribution in [2.75, 3.05) is 32.6 Å². The zero-order valence-electron chi connectivity index (χ0n) is 12.5. The Labute approximate surface area is 127 Å². The molecule has 1 aliphatic rings. The van der Waals surface area contributed by atoms with Gasteiger partial charge in [0.2, 0.25) is 0 Å². The second-order valence-corrected chi connectivity index (χ2v) is 5.47. The maximum Gasteiger partial charge on any atom is 0.417 e. The topological polar surface area (TPSA) is 41.6 Å². The molecule has 1 aromatic rings. The Kier molecular flexibility index (Phi) is 4.95. The van der Waals surface area contributed by atoms with E-state index in [1.165, 1.54) is 6.07 Å². The van der Waals surface area contributed by atoms with Gasteiger partial charge in [0, 0.05) is 11.7 Å². The van der Waals surface area contributed by atoms with Crippen molar-refractivity contribution in [2.24, 2.45) is 0 Å². The van der Waals surface area contributed by atoms with Crippen molar-refractivity contribution in [1.82, 2.24) is 4.90 Å². The number of nitrogens with zero attached hydrogens (tertiary/aromatic N) is 1. The van der Waals surface area contributed by atoms with Gasteiger partial charge in [-0.1, -0.05) is 0 Å². The lowest BCUT2D eigenvalue weighted by atomic mass is 10.0. The predicted octanol–water partition coefficient (Wildman–Crippen LogP) is 3.00. The highest BCUT2D eigenvalue weighted by Gasteiger charge is 2.36. The minimum Gasteiger partial charge on any atom is -0.465 e. The first-order chi connectivity index (χ1) is 10.3. The molecule has 7 heteroatoms. The van der Waals surface area contributed by atoms with Crippen molar-refractivity contribution in [2.45, 2.75) is 25.1 Å². The standard InChI is InChI=1S/C15H19F3N2O2/c1-20-7-5-10(6-8-20)19-11-3-4-12(14(21)22-2)13(9-11)15(16,17)18/h3-4,9-10,19H,5-8H2,1-2H3. The smallest absolute Gasteiger partial charge is 0.417 e. The maximum atomic E-state index is 13.1. The number of carbonyl (C=O) groups excluding carboxylic acids is 1. The van der Waals surface area contributed by atoms with Crippen molar-refractivity contribution in [3.05, 3.63) is 29.3 Å². The van der Waals surface area contributed by atoms with E-state index in [1.54, 1.807) is 0 Å². The number of hydrogen-bond acceptors (Lipinski definition) is 4. The Balaban J connectivity index is 2.21. The maximum absolute atomic E-state index is 13.1. The third-order valence-electron chi connectivity index (χ3n) is 3.82. The van der Waals surface area contributed by atoms with Gasteiger partial charge in [-0.25, -0.2) is 4.79 Å². The van der Waals surface area contributed by atoms with E-state index >= 15 is 0 Å². The largest absolute Gasteiger partial charge is 0.465 e. The molecule has 0 unspecified atom stereocenters. The highest BCUT2D eigenvalue weighted by atomic mass is 19.4. The Hall–Kier alpha value is -1.76. The van der Waals surface area contributed by atoms with Gasteiger partial charge >= 0.3 is 12.1 Å². The summed E-state index contributed by atoms with van der Waals surface area (Å²) in [7, 11) is 3.08. The van der Waals surface area contributed by atoms with Gasteiger partial charge in [0.1, 0.15) is 0 Å². The average Bonchev–Trinajstić information content (AvgIpc) is 2.48. The van der Waals surface area contributed by atoms with Crippen molar-refractivity contribution >= 4 is 11.7 Å². The summed E-state index contributed by atoms with van der Waals surface area (Å²) in [6.45, 7) is 1.81. The lowest BCUT2D eigenvalue weighted by molar-refractivity contribution is -0.138. The van der Waals surface area contributed by atoms with Gasteiger partial charge in [0.15, 0.2) is 0 Å². The fraction of sp³-hybridized carbons (Fsp3) is 0.533. The zero-order valence-corrected chi connectivity index (χ0v) is 12.5. The second kappa shape index (κ2) is 6.56. The number of nitrogens with one attached hydrogen (secondary N) is 1. The van der Waals surface area contributed by atoms with Crippen LogP contribution < -0.4 is 5.32 Å². The molecular formula is C15H19F3N2O2. The van der Waals surface area contributed by atoms with Crippen LogP contribution in [0.1, 0.15) is 28.8 Å². The summed E-state index contributed by atoms with van der Waals surface area (Å²) in [6.07, 6.45) is -2.86. The molecule has 0 aromatic heterocycles. The third kappa shape index (κ3) is 3.91. The Morgan fingerprint density at radius 2 is 1.95 bits per heavy atom. The molecule has 1 aliphatic heterocycles. The number of ether oxygens (including phenoxy) is 1. The SMILES string of the molecule is COC(=O)c1ccc(NC2CCN(C)CC2)cc1C(F)(F)F. The number of likely N-dealkylation sites (tertiary alicyclic amines) is 1. The van der Waals surface area contributed by atoms with Crippen LogP contribution in [-0.4, -0.2) is 44.2 Å². The monoisotopic (exact) mass is 316 g/mol. The van der Waals surface area contributed by atoms with E-state index in [0.717, 1.165) is 45.2 Å². The Morgan fingerprint density at radius 3 is 2.50 bits per heavy atom. The van der Waals surface area contributed by atoms with Gasteiger partial charge in [-0.15, -0.1) is 0 Å². The van der Waals surface area contributed by atoms with Crippen molar-refractivity contribution in [3.63, 3.8) is 0 Å². The summed E-state index contributed by atoms with van der Waals surface area (Å²) in [5, 5.41) is 3.12. The van der Waals surface area contributed by atoms with E-state index in [1.807, 2.05) is 7.05 Å². The normalized spacial score (nSPS) is 17.3. The lowest BCUT2D eigenvalue weighted by Crippen LogP contribution is -2.36. The average molecular weight is 316 g/mol. The van der Waals surface area contributed by atoms with E-state index in [2.05, 4.69) is 15.0 Å². The number of halogens is 3. The predicted molar refractivity (Wildman–Crippen MR) is 76.9 cm³/mol. The number of carbonyl (C=O) groups is 1. The van der Waals surface area contributed by atoms with Crippen LogP contribution in [0.4, 0.5) is 18.9 Å². The van der Waals surface area contributed by atoms with Gasteiger partial charge in [-0.05, 0) is 51.2 Å².